The highest BCUT2D eigenvalue weighted by Gasteiger charge is 2.63. The van der Waals surface area contributed by atoms with Crippen molar-refractivity contribution in [2.75, 3.05) is 20.8 Å². The van der Waals surface area contributed by atoms with Gasteiger partial charge in [-0.2, -0.15) is 8.42 Å². The van der Waals surface area contributed by atoms with E-state index >= 15 is 0 Å². The molecule has 0 amide bonds. The molecule has 0 bridgehead atoms. The number of nitrogens with zero attached hydrogens (tertiary/aromatic N) is 3. The zero-order valence-electron chi connectivity index (χ0n) is 21.7. The second-order valence-corrected chi connectivity index (χ2v) is 11.9. The van der Waals surface area contributed by atoms with Crippen LogP contribution in [0.4, 0.5) is 0 Å². The Labute approximate surface area is 226 Å². The maximum Gasteiger partial charge on any atom is 0.297 e. The van der Waals surface area contributed by atoms with Crippen molar-refractivity contribution in [3.8, 4) is 0 Å². The SMILES string of the molecule is COC1(C)O[C@@H]2[C@H](OS(=O)(=O)c3ccc(C)cc3)[C@@H](Sc3ccccc3)O[C@H](CN=[N+]=[N-])[C@H]2OC1(C)OC. The summed E-state index contributed by atoms with van der Waals surface area (Å²) in [5, 5.41) is 3.69. The molecule has 0 aromatic heterocycles. The van der Waals surface area contributed by atoms with Gasteiger partial charge in [-0.15, -0.1) is 0 Å². The van der Waals surface area contributed by atoms with Gasteiger partial charge in [0.1, 0.15) is 23.7 Å². The molecule has 7 atom stereocenters. The molecule has 2 fully saturated rings. The van der Waals surface area contributed by atoms with Gasteiger partial charge in [0.05, 0.1) is 17.5 Å². The summed E-state index contributed by atoms with van der Waals surface area (Å²) < 4.78 is 63.2. The average molecular weight is 566 g/mol. The first kappa shape index (κ1) is 28.8. The Bertz CT molecular complexity index is 1260. The quantitative estimate of drug-likeness (QED) is 0.187. The summed E-state index contributed by atoms with van der Waals surface area (Å²) in [6.07, 6.45) is -3.89. The van der Waals surface area contributed by atoms with Crippen LogP contribution in [0.5, 0.6) is 0 Å². The maximum absolute atomic E-state index is 13.4. The number of azide groups is 1. The monoisotopic (exact) mass is 565 g/mol. The number of methoxy groups -OCH3 is 2. The van der Waals surface area contributed by atoms with Gasteiger partial charge in [0.15, 0.2) is 0 Å². The predicted molar refractivity (Wildman–Crippen MR) is 139 cm³/mol. The topological polar surface area (TPSA) is 138 Å². The first-order valence-electron chi connectivity index (χ1n) is 11.9. The summed E-state index contributed by atoms with van der Waals surface area (Å²) in [6, 6.07) is 15.7. The predicted octanol–water partition coefficient (Wildman–Crippen LogP) is 4.41. The molecule has 0 radical (unpaired) electrons. The van der Waals surface area contributed by atoms with E-state index in [2.05, 4.69) is 10.0 Å². The zero-order valence-corrected chi connectivity index (χ0v) is 23.3. The van der Waals surface area contributed by atoms with Crippen LogP contribution in [-0.4, -0.2) is 70.6 Å². The standard InChI is InChI=1S/C25H31N3O8S2/c1-16-11-13-18(14-12-16)38(29,30)36-22-21-20(34-24(2,31-4)25(3,32-5)35-21)19(15-27-28-26)33-23(22)37-17-9-7-6-8-10-17/h6-14,19-23H,15H2,1-5H3/t19-,20-,21+,22+,23-,24?,25?/m1/s1. The van der Waals surface area contributed by atoms with Gasteiger partial charge in [-0.3, -0.25) is 4.18 Å². The van der Waals surface area contributed by atoms with Crippen LogP contribution in [0.25, 0.3) is 10.4 Å². The molecular formula is C25H31N3O8S2. The molecule has 0 spiro atoms. The van der Waals surface area contributed by atoms with Gasteiger partial charge < -0.3 is 23.7 Å². The number of ether oxygens (including phenoxy) is 5. The smallest absolute Gasteiger partial charge is 0.297 e. The molecule has 2 unspecified atom stereocenters. The van der Waals surface area contributed by atoms with E-state index in [9.17, 15) is 8.42 Å². The van der Waals surface area contributed by atoms with Crippen molar-refractivity contribution in [1.29, 1.82) is 0 Å². The van der Waals surface area contributed by atoms with Crippen LogP contribution < -0.4 is 0 Å². The highest BCUT2D eigenvalue weighted by atomic mass is 32.2. The number of thioether (sulfide) groups is 1. The largest absolute Gasteiger partial charge is 0.358 e. The molecule has 13 heteroatoms. The Morgan fingerprint density at radius 1 is 1.00 bits per heavy atom. The highest BCUT2D eigenvalue weighted by Crippen LogP contribution is 2.47. The molecule has 2 aliphatic rings. The number of hydrogen-bond acceptors (Lipinski definition) is 10. The molecule has 206 valence electrons. The van der Waals surface area contributed by atoms with Crippen LogP contribution in [0.15, 0.2) is 69.5 Å². The molecule has 0 saturated carbocycles. The van der Waals surface area contributed by atoms with Crippen LogP contribution in [0.2, 0.25) is 0 Å². The Balaban J connectivity index is 1.78. The molecular weight excluding hydrogens is 534 g/mol. The van der Waals surface area contributed by atoms with Gasteiger partial charge in [-0.1, -0.05) is 52.8 Å². The van der Waals surface area contributed by atoms with Crippen molar-refractivity contribution in [2.45, 2.75) is 72.0 Å². The Morgan fingerprint density at radius 3 is 2.18 bits per heavy atom. The third-order valence-corrected chi connectivity index (χ3v) is 9.27. The fourth-order valence-electron chi connectivity index (χ4n) is 4.36. The number of benzene rings is 2. The lowest BCUT2D eigenvalue weighted by Crippen LogP contribution is -2.72. The van der Waals surface area contributed by atoms with E-state index in [-0.39, 0.29) is 11.4 Å². The first-order chi connectivity index (χ1) is 18.1. The van der Waals surface area contributed by atoms with Crippen molar-refractivity contribution < 1.29 is 36.3 Å². The number of aryl methyl sites for hydroxylation is 1. The molecule has 2 aromatic carbocycles. The Hall–Kier alpha value is -2.19. The maximum atomic E-state index is 13.4. The van der Waals surface area contributed by atoms with Crippen LogP contribution in [0, 0.1) is 6.92 Å². The van der Waals surface area contributed by atoms with Crippen molar-refractivity contribution in [3.63, 3.8) is 0 Å². The molecule has 0 aliphatic carbocycles. The van der Waals surface area contributed by atoms with E-state index in [1.807, 2.05) is 37.3 Å². The highest BCUT2D eigenvalue weighted by molar-refractivity contribution is 7.99. The molecule has 2 aliphatic heterocycles. The van der Waals surface area contributed by atoms with E-state index in [0.29, 0.717) is 0 Å². The first-order valence-corrected chi connectivity index (χ1v) is 14.2. The van der Waals surface area contributed by atoms with Crippen LogP contribution in [0.1, 0.15) is 19.4 Å². The van der Waals surface area contributed by atoms with Gasteiger partial charge in [0, 0.05) is 24.0 Å². The lowest BCUT2D eigenvalue weighted by molar-refractivity contribution is -0.467. The summed E-state index contributed by atoms with van der Waals surface area (Å²) >= 11 is 1.26. The van der Waals surface area contributed by atoms with Gasteiger partial charge >= 0.3 is 0 Å². The average Bonchev–Trinajstić information content (AvgIpc) is 2.91. The molecule has 2 heterocycles. The van der Waals surface area contributed by atoms with E-state index in [0.717, 1.165) is 10.5 Å². The number of rotatable bonds is 9. The molecule has 11 nitrogen and oxygen atoms in total. The number of fused-ring (bicyclic) bond motifs is 1. The minimum Gasteiger partial charge on any atom is -0.358 e. The van der Waals surface area contributed by atoms with E-state index in [1.165, 1.54) is 38.1 Å². The van der Waals surface area contributed by atoms with Gasteiger partial charge in [0.25, 0.3) is 10.1 Å². The van der Waals surface area contributed by atoms with Gasteiger partial charge in [0.2, 0.25) is 11.6 Å². The van der Waals surface area contributed by atoms with E-state index < -0.39 is 51.5 Å². The van der Waals surface area contributed by atoms with Gasteiger partial charge in [-0.25, -0.2) is 0 Å². The second-order valence-electron chi connectivity index (χ2n) is 9.18. The summed E-state index contributed by atoms with van der Waals surface area (Å²) in [4.78, 5) is 3.67. The minimum atomic E-state index is -4.25. The summed E-state index contributed by atoms with van der Waals surface area (Å²) in [5.74, 6) is -2.85. The van der Waals surface area contributed by atoms with Crippen molar-refractivity contribution in [3.05, 3.63) is 70.6 Å². The number of hydrogen-bond donors (Lipinski definition) is 0. The molecule has 2 aromatic rings. The summed E-state index contributed by atoms with van der Waals surface area (Å²) in [7, 11) is -1.37. The summed E-state index contributed by atoms with van der Waals surface area (Å²) in [5.41, 5.74) is 9.02. The van der Waals surface area contributed by atoms with Crippen LogP contribution >= 0.6 is 11.8 Å². The molecule has 38 heavy (non-hydrogen) atoms. The zero-order chi connectivity index (χ0) is 27.6. The fourth-order valence-corrected chi connectivity index (χ4v) is 6.64. The van der Waals surface area contributed by atoms with E-state index in [4.69, 9.17) is 33.4 Å². The van der Waals surface area contributed by atoms with E-state index in [1.54, 1.807) is 26.0 Å². The fraction of sp³-hybridized carbons (Fsp3) is 0.520. The van der Waals surface area contributed by atoms with Crippen LogP contribution in [-0.2, 0) is 38.0 Å². The third-order valence-electron chi connectivity index (χ3n) is 6.78. The normalized spacial score (nSPS) is 33.2. The molecule has 4 rings (SSSR count). The molecule has 2 saturated heterocycles. The van der Waals surface area contributed by atoms with Crippen LogP contribution in [0.3, 0.4) is 0 Å². The van der Waals surface area contributed by atoms with Crippen molar-refractivity contribution in [1.82, 2.24) is 0 Å². The second kappa shape index (κ2) is 11.5. The Kier molecular flexibility index (Phi) is 8.72. The minimum absolute atomic E-state index is 0.00715. The van der Waals surface area contributed by atoms with Crippen molar-refractivity contribution in [2.24, 2.45) is 5.11 Å². The van der Waals surface area contributed by atoms with Gasteiger partial charge in [-0.05, 0) is 50.6 Å². The third kappa shape index (κ3) is 5.71. The van der Waals surface area contributed by atoms with Crippen molar-refractivity contribution >= 4 is 21.9 Å². The summed E-state index contributed by atoms with van der Waals surface area (Å²) in [6.45, 7) is 5.04. The lowest BCUT2D eigenvalue weighted by atomic mass is 9.94. The molecule has 0 N–H and O–H groups in total. The Morgan fingerprint density at radius 2 is 1.61 bits per heavy atom. The lowest BCUT2D eigenvalue weighted by Gasteiger charge is -2.57.